The number of nitrogens with zero attached hydrogens (tertiary/aromatic N) is 1. The van der Waals surface area contributed by atoms with Crippen molar-refractivity contribution in [2.75, 3.05) is 40.5 Å². The molecule has 0 fully saturated rings. The Kier molecular flexibility index (Phi) is 41.2. The first-order valence-corrected chi connectivity index (χ1v) is 16.2. The summed E-state index contributed by atoms with van der Waals surface area (Å²) in [6.45, 7) is 4.06. The monoisotopic (exact) mass is 727 g/mol. The van der Waals surface area contributed by atoms with E-state index in [-0.39, 0.29) is 25.4 Å². The molecule has 0 bridgehead atoms. The average Bonchev–Trinajstić information content (AvgIpc) is 3.09. The maximum Gasteiger partial charge on any atom is 0.136 e. The quantitative estimate of drug-likeness (QED) is 0.0302. The van der Waals surface area contributed by atoms with E-state index in [1.807, 2.05) is 19.0 Å². The lowest BCUT2D eigenvalue weighted by Gasteiger charge is -2.07. The number of carbonyl (C=O) groups is 1. The van der Waals surface area contributed by atoms with Crippen molar-refractivity contribution in [2.24, 2.45) is 0 Å². The third-order valence-corrected chi connectivity index (χ3v) is 6.04. The minimum absolute atomic E-state index is 0.0281. The second-order valence-electron chi connectivity index (χ2n) is 10.3. The standard InChI is InChI=1S/C27H53NO21/c1-4-5-6-7-8-9-10-11-12-13-14-15-16-17-23-30-25-26-32-34-36-38-40-42-44-46-48-49-47-45-43-41-39-37-35-33-31-24-19-21-27(29)20-18-22-28(2)3/h19,24H,4-18,20-23,25-26H2,1-3H3/b24-19+. The Hall–Kier alpha value is -1.59. The SMILES string of the molecule is CCCCCCCCCCCCCCCCOCCOOOOOOOOOOOOOOOOOOO/C=C/CC(=O)CCCN(C)C. The van der Waals surface area contributed by atoms with Crippen molar-refractivity contribution in [1.82, 2.24) is 4.90 Å². The molecule has 0 aliphatic carbocycles. The predicted octanol–water partition coefficient (Wildman–Crippen LogP) is 6.08. The fourth-order valence-corrected chi connectivity index (χ4v) is 3.77. The van der Waals surface area contributed by atoms with E-state index in [2.05, 4.69) is 102 Å². The van der Waals surface area contributed by atoms with Crippen molar-refractivity contribution in [2.45, 2.75) is 116 Å². The molecule has 0 saturated heterocycles. The minimum Gasteiger partial charge on any atom is -0.379 e. The van der Waals surface area contributed by atoms with Gasteiger partial charge in [-0.15, -0.1) is 0 Å². The van der Waals surface area contributed by atoms with Crippen LogP contribution in [0.4, 0.5) is 0 Å². The molecule has 0 heterocycles. The van der Waals surface area contributed by atoms with Crippen LogP contribution in [-0.2, 0) is 105 Å². The fraction of sp³-hybridized carbons (Fsp3) is 0.889. The highest BCUT2D eigenvalue weighted by Gasteiger charge is 2.02. The van der Waals surface area contributed by atoms with Gasteiger partial charge in [-0.1, -0.05) is 90.4 Å². The van der Waals surface area contributed by atoms with Crippen LogP contribution in [0.25, 0.3) is 0 Å². The molecule has 292 valence electrons. The minimum atomic E-state index is 0.0281. The molecule has 0 unspecified atom stereocenters. The molecular formula is C27H53NO21. The van der Waals surface area contributed by atoms with Crippen molar-refractivity contribution in [1.29, 1.82) is 0 Å². The first-order chi connectivity index (χ1) is 24.2. The van der Waals surface area contributed by atoms with Crippen LogP contribution < -0.4 is 0 Å². The van der Waals surface area contributed by atoms with Crippen LogP contribution in [0.5, 0.6) is 0 Å². The second kappa shape index (κ2) is 42.6. The molecule has 0 aliphatic heterocycles. The Morgan fingerprint density at radius 3 is 1.39 bits per heavy atom. The van der Waals surface area contributed by atoms with Crippen molar-refractivity contribution in [3.05, 3.63) is 12.3 Å². The van der Waals surface area contributed by atoms with Gasteiger partial charge in [-0.25, -0.2) is 4.89 Å². The molecule has 0 amide bonds. The summed E-state index contributed by atoms with van der Waals surface area (Å²) in [5.41, 5.74) is 0. The summed E-state index contributed by atoms with van der Waals surface area (Å²) in [7, 11) is 3.85. The van der Waals surface area contributed by atoms with E-state index in [1.165, 1.54) is 83.1 Å². The Labute approximate surface area is 284 Å². The third-order valence-electron chi connectivity index (χ3n) is 6.04. The fourth-order valence-electron chi connectivity index (χ4n) is 3.77. The Balaban J connectivity index is 3.11. The summed E-state index contributed by atoms with van der Waals surface area (Å²) >= 11 is 0. The molecule has 0 rings (SSSR count). The third kappa shape index (κ3) is 44.4. The number of ether oxygens (including phenoxy) is 1. The molecule has 22 nitrogen and oxygen atoms in total. The van der Waals surface area contributed by atoms with E-state index in [0.29, 0.717) is 13.0 Å². The molecule has 49 heavy (non-hydrogen) atoms. The number of Topliss-reactive ketones (excluding diaryl/α,β-unsaturated/α-hetero) is 1. The van der Waals surface area contributed by atoms with Gasteiger partial charge in [-0.05, 0) is 79.9 Å². The largest absolute Gasteiger partial charge is 0.379 e. The summed E-state index contributed by atoms with van der Waals surface area (Å²) < 4.78 is 5.42. The molecule has 0 radical (unpaired) electrons. The maximum atomic E-state index is 11.6. The van der Waals surface area contributed by atoms with E-state index >= 15 is 0 Å². The van der Waals surface area contributed by atoms with Gasteiger partial charge in [0.2, 0.25) is 0 Å². The number of carbonyl (C=O) groups excluding carboxylic acids is 1. The number of rotatable bonds is 43. The van der Waals surface area contributed by atoms with Crippen LogP contribution >= 0.6 is 0 Å². The summed E-state index contributed by atoms with van der Waals surface area (Å²) in [5, 5.41) is 64.3. The van der Waals surface area contributed by atoms with Gasteiger partial charge in [0, 0.05) is 64.8 Å². The number of unbranched alkanes of at least 4 members (excludes halogenated alkanes) is 13. The highest BCUT2D eigenvalue weighted by molar-refractivity contribution is 5.79. The number of hydrogen-bond acceptors (Lipinski definition) is 22. The lowest BCUT2D eigenvalue weighted by molar-refractivity contribution is -0.891. The van der Waals surface area contributed by atoms with Gasteiger partial charge < -0.3 is 14.5 Å². The Bertz CT molecular complexity index is 680. The van der Waals surface area contributed by atoms with Gasteiger partial charge in [-0.3, -0.25) is 4.79 Å². The van der Waals surface area contributed by atoms with Gasteiger partial charge in [0.1, 0.15) is 18.7 Å². The number of hydrogen-bond donors (Lipinski definition) is 0. The summed E-state index contributed by atoms with van der Waals surface area (Å²) in [4.78, 5) is 22.5. The normalized spacial score (nSPS) is 11.8. The molecule has 0 aromatic carbocycles. The Morgan fingerprint density at radius 1 is 0.490 bits per heavy atom. The molecule has 0 saturated carbocycles. The molecule has 0 spiro atoms. The average molecular weight is 728 g/mol. The summed E-state index contributed by atoms with van der Waals surface area (Å²) in [5.74, 6) is 0.0281. The van der Waals surface area contributed by atoms with E-state index < -0.39 is 0 Å². The lowest BCUT2D eigenvalue weighted by Crippen LogP contribution is -2.14. The molecule has 22 heteroatoms. The molecule has 0 aromatic heterocycles. The van der Waals surface area contributed by atoms with Gasteiger partial charge in [0.05, 0.1) is 6.61 Å². The molecule has 0 atom stereocenters. The van der Waals surface area contributed by atoms with E-state index in [0.717, 1.165) is 32.1 Å². The first kappa shape index (κ1) is 47.4. The summed E-state index contributed by atoms with van der Waals surface area (Å²) in [6.07, 6.45) is 22.0. The van der Waals surface area contributed by atoms with Crippen LogP contribution in [0.15, 0.2) is 12.3 Å². The molecule has 0 N–H and O–H groups in total. The molecule has 0 aromatic rings. The summed E-state index contributed by atoms with van der Waals surface area (Å²) in [6, 6.07) is 0. The molecular weight excluding hydrogens is 674 g/mol. The van der Waals surface area contributed by atoms with Crippen LogP contribution in [-0.4, -0.2) is 51.1 Å². The number of ketones is 1. The zero-order chi connectivity index (χ0) is 35.6. The van der Waals surface area contributed by atoms with Gasteiger partial charge >= 0.3 is 0 Å². The lowest BCUT2D eigenvalue weighted by atomic mass is 10.0. The Morgan fingerprint density at radius 2 is 0.918 bits per heavy atom. The zero-order valence-corrected chi connectivity index (χ0v) is 28.5. The smallest absolute Gasteiger partial charge is 0.136 e. The van der Waals surface area contributed by atoms with Crippen molar-refractivity contribution in [3.63, 3.8) is 0 Å². The first-order valence-electron chi connectivity index (χ1n) is 16.2. The molecule has 0 aliphatic rings. The van der Waals surface area contributed by atoms with E-state index in [1.54, 1.807) is 0 Å². The van der Waals surface area contributed by atoms with Crippen molar-refractivity contribution >= 4 is 5.78 Å². The zero-order valence-electron chi connectivity index (χ0n) is 28.5. The maximum absolute atomic E-state index is 11.6. The second-order valence-corrected chi connectivity index (χ2v) is 10.3. The van der Waals surface area contributed by atoms with E-state index in [4.69, 9.17) is 4.74 Å². The van der Waals surface area contributed by atoms with Crippen LogP contribution in [0.2, 0.25) is 0 Å². The van der Waals surface area contributed by atoms with Gasteiger partial charge in [0.15, 0.2) is 0 Å². The highest BCUT2D eigenvalue weighted by Crippen LogP contribution is 2.13. The van der Waals surface area contributed by atoms with Crippen LogP contribution in [0.1, 0.15) is 116 Å². The van der Waals surface area contributed by atoms with Crippen LogP contribution in [0.3, 0.4) is 0 Å². The predicted molar refractivity (Wildman–Crippen MR) is 153 cm³/mol. The van der Waals surface area contributed by atoms with Crippen molar-refractivity contribution in [3.8, 4) is 0 Å². The topological polar surface area (TPSA) is 205 Å². The van der Waals surface area contributed by atoms with Gasteiger partial charge in [0.25, 0.3) is 0 Å². The van der Waals surface area contributed by atoms with Crippen molar-refractivity contribution < 1.29 is 105 Å². The number of allylic oxidation sites excluding steroid dienone is 1. The van der Waals surface area contributed by atoms with E-state index in [9.17, 15) is 4.79 Å². The highest BCUT2D eigenvalue weighted by atomic mass is 18.0. The van der Waals surface area contributed by atoms with Gasteiger partial charge in [-0.2, -0.15) is 0 Å². The van der Waals surface area contributed by atoms with Crippen LogP contribution in [0, 0.1) is 0 Å².